The Hall–Kier alpha value is -3.78. The number of hydrogen-bond donors (Lipinski definition) is 2. The number of alkyl halides is 34. The van der Waals surface area contributed by atoms with Crippen LogP contribution in [0.25, 0.3) is 0 Å². The molecule has 0 bridgehead atoms. The van der Waals surface area contributed by atoms with Crippen molar-refractivity contribution in [3.05, 3.63) is 12.2 Å². The molecular formula is C26H14F34O6. The molecule has 0 rings (SSSR count). The number of aliphatic hydroxyl groups is 2. The highest BCUT2D eigenvalue weighted by molar-refractivity contribution is 5.91. The van der Waals surface area contributed by atoms with Crippen molar-refractivity contribution in [2.24, 2.45) is 0 Å². The molecule has 0 aromatic rings. The van der Waals surface area contributed by atoms with Crippen molar-refractivity contribution in [1.29, 1.82) is 0 Å². The number of halogens is 34. The number of carbonyl (C=O) groups is 2. The van der Waals surface area contributed by atoms with Gasteiger partial charge in [-0.3, -0.25) is 0 Å². The van der Waals surface area contributed by atoms with E-state index >= 15 is 0 Å². The van der Waals surface area contributed by atoms with Crippen LogP contribution in [0.4, 0.5) is 149 Å². The Kier molecular flexibility index (Phi) is 16.6. The standard InChI is InChI=1S/C26H14F34O6/c27-11(28,13(31,32)15(35,36)17(39,40)19(43,44)21(47,48)23(51,52)25(55,56)57)3-7(61)5-65-9(63)1-2-10(64)66-6-8(62)4-12(29,30)14(33,34)16(37,38)18(41,42)20(45,46)22(49,50)24(53,54)26(58,59)60/h1-2,7-8,61-62H,3-6H2/b2-1-. The molecule has 0 amide bonds. The van der Waals surface area contributed by atoms with Gasteiger partial charge in [0, 0.05) is 25.0 Å². The highest BCUT2D eigenvalue weighted by Crippen LogP contribution is 2.66. The van der Waals surface area contributed by atoms with Crippen LogP contribution >= 0.6 is 0 Å². The first-order valence-corrected chi connectivity index (χ1v) is 15.1. The fourth-order valence-electron chi connectivity index (χ4n) is 3.95. The van der Waals surface area contributed by atoms with Gasteiger partial charge >= 0.3 is 107 Å². The van der Waals surface area contributed by atoms with Crippen LogP contribution in [0, 0.1) is 0 Å². The minimum Gasteiger partial charge on any atom is -0.460 e. The first-order valence-electron chi connectivity index (χ1n) is 15.1. The monoisotopic (exact) mass is 1070 g/mol. The number of rotatable bonds is 22. The molecule has 0 aliphatic carbocycles. The number of hydrogen-bond acceptors (Lipinski definition) is 6. The summed E-state index contributed by atoms with van der Waals surface area (Å²) >= 11 is 0. The van der Waals surface area contributed by atoms with Gasteiger partial charge in [0.2, 0.25) is 0 Å². The van der Waals surface area contributed by atoms with Gasteiger partial charge in [0.25, 0.3) is 0 Å². The summed E-state index contributed by atoms with van der Waals surface area (Å²) in [6, 6.07) is 0. The zero-order chi connectivity index (χ0) is 54.0. The minimum atomic E-state index is -9.01. The summed E-state index contributed by atoms with van der Waals surface area (Å²) in [7, 11) is 0. The van der Waals surface area contributed by atoms with Crippen LogP contribution in [0.5, 0.6) is 0 Å². The van der Waals surface area contributed by atoms with E-state index in [1.165, 1.54) is 0 Å². The largest absolute Gasteiger partial charge is 0.460 e. The summed E-state index contributed by atoms with van der Waals surface area (Å²) in [6.07, 6.45) is -31.7. The maximum absolute atomic E-state index is 14.0. The zero-order valence-electron chi connectivity index (χ0n) is 29.5. The number of ether oxygens (including phenoxy) is 2. The first-order chi connectivity index (χ1) is 28.3. The average Bonchev–Trinajstić information content (AvgIpc) is 3.09. The van der Waals surface area contributed by atoms with Crippen molar-refractivity contribution in [3.8, 4) is 0 Å². The third-order valence-corrected chi connectivity index (χ3v) is 7.75. The fourth-order valence-corrected chi connectivity index (χ4v) is 3.95. The smallest absolute Gasteiger partial charge is 0.460 e. The second-order valence-corrected chi connectivity index (χ2v) is 12.6. The van der Waals surface area contributed by atoms with E-state index in [2.05, 4.69) is 9.47 Å². The molecule has 2 atom stereocenters. The van der Waals surface area contributed by atoms with Gasteiger partial charge in [-0.25, -0.2) is 9.59 Å². The van der Waals surface area contributed by atoms with Crippen LogP contribution in [-0.4, -0.2) is 143 Å². The van der Waals surface area contributed by atoms with Crippen molar-refractivity contribution < 1.29 is 179 Å². The Labute approximate surface area is 337 Å². The quantitative estimate of drug-likeness (QED) is 0.0638. The van der Waals surface area contributed by atoms with Gasteiger partial charge in [-0.05, 0) is 0 Å². The van der Waals surface area contributed by atoms with Gasteiger partial charge in [-0.15, -0.1) is 0 Å². The van der Waals surface area contributed by atoms with Crippen LogP contribution in [0.1, 0.15) is 12.8 Å². The van der Waals surface area contributed by atoms with Crippen LogP contribution < -0.4 is 0 Å². The van der Waals surface area contributed by atoms with Crippen molar-refractivity contribution >= 4 is 11.9 Å². The summed E-state index contributed by atoms with van der Waals surface area (Å²) in [5, 5.41) is 18.5. The Balaban J connectivity index is 5.92. The number of esters is 2. The van der Waals surface area contributed by atoms with Crippen molar-refractivity contribution in [2.75, 3.05) is 13.2 Å². The molecule has 0 saturated heterocycles. The van der Waals surface area contributed by atoms with E-state index in [9.17, 15) is 169 Å². The lowest BCUT2D eigenvalue weighted by Gasteiger charge is -2.43. The van der Waals surface area contributed by atoms with Crippen LogP contribution in [-0.2, 0) is 19.1 Å². The summed E-state index contributed by atoms with van der Waals surface area (Å²) in [4.78, 5) is 22.9. The SMILES string of the molecule is O=C(/C=C\C(=O)OCC(O)CC(F)(F)C(F)(F)C(F)(F)C(F)(F)C(F)(F)C(F)(F)C(F)(F)C(F)(F)F)OCC(O)CC(F)(F)C(F)(F)C(F)(F)C(F)(F)C(F)(F)C(F)(F)C(F)(F)C(F)(F)F. The lowest BCUT2D eigenvalue weighted by atomic mass is 9.88. The molecule has 392 valence electrons. The minimum absolute atomic E-state index is 0.522. The van der Waals surface area contributed by atoms with E-state index in [0.29, 0.717) is 0 Å². The molecule has 66 heavy (non-hydrogen) atoms. The maximum Gasteiger partial charge on any atom is 0.460 e. The second kappa shape index (κ2) is 17.6. The van der Waals surface area contributed by atoms with Gasteiger partial charge in [-0.2, -0.15) is 149 Å². The molecule has 0 saturated carbocycles. The molecule has 0 spiro atoms. The lowest BCUT2D eigenvalue weighted by Crippen LogP contribution is -2.74. The Bertz CT molecular complexity index is 1620. The molecule has 40 heteroatoms. The normalized spacial score (nSPS) is 17.0. The molecule has 0 aliphatic heterocycles. The van der Waals surface area contributed by atoms with Crippen LogP contribution in [0.3, 0.4) is 0 Å². The molecular weight excluding hydrogens is 1050 g/mol. The first kappa shape index (κ1) is 62.2. The molecule has 0 aliphatic rings. The predicted octanol–water partition coefficient (Wildman–Crippen LogP) is 10.1. The molecule has 6 nitrogen and oxygen atoms in total. The van der Waals surface area contributed by atoms with Gasteiger partial charge in [0.05, 0.1) is 12.2 Å². The summed E-state index contributed by atoms with van der Waals surface area (Å²) in [6.45, 7) is -4.75. The van der Waals surface area contributed by atoms with Crippen LogP contribution in [0.2, 0.25) is 0 Å². The number of carbonyl (C=O) groups excluding carboxylic acids is 2. The second-order valence-electron chi connectivity index (χ2n) is 12.6. The third kappa shape index (κ3) is 9.74. The fraction of sp³-hybridized carbons (Fsp3) is 0.846. The van der Waals surface area contributed by atoms with Gasteiger partial charge in [-0.1, -0.05) is 0 Å². The summed E-state index contributed by atoms with van der Waals surface area (Å²) < 4.78 is 460. The highest BCUT2D eigenvalue weighted by Gasteiger charge is 2.97. The summed E-state index contributed by atoms with van der Waals surface area (Å²) in [5.74, 6) is -124. The molecule has 0 aromatic heterocycles. The van der Waals surface area contributed by atoms with E-state index in [0.717, 1.165) is 0 Å². The van der Waals surface area contributed by atoms with Crippen molar-refractivity contribution in [3.63, 3.8) is 0 Å². The van der Waals surface area contributed by atoms with Crippen molar-refractivity contribution in [1.82, 2.24) is 0 Å². The topological polar surface area (TPSA) is 93.1 Å². The molecule has 0 aromatic carbocycles. The predicted molar refractivity (Wildman–Crippen MR) is 134 cm³/mol. The molecule has 0 radical (unpaired) electrons. The molecule has 2 N–H and O–H groups in total. The van der Waals surface area contributed by atoms with Gasteiger partial charge in [0.1, 0.15) is 13.2 Å². The zero-order valence-corrected chi connectivity index (χ0v) is 29.5. The lowest BCUT2D eigenvalue weighted by molar-refractivity contribution is -0.462. The van der Waals surface area contributed by atoms with E-state index < -0.39 is 158 Å². The molecule has 0 heterocycles. The van der Waals surface area contributed by atoms with Crippen LogP contribution in [0.15, 0.2) is 12.2 Å². The maximum atomic E-state index is 14.0. The Morgan fingerprint density at radius 2 is 0.485 bits per heavy atom. The van der Waals surface area contributed by atoms with E-state index in [4.69, 9.17) is 0 Å². The van der Waals surface area contributed by atoms with Gasteiger partial charge in [0.15, 0.2) is 0 Å². The van der Waals surface area contributed by atoms with E-state index in [-0.39, 0.29) is 0 Å². The Morgan fingerprint density at radius 1 is 0.318 bits per heavy atom. The van der Waals surface area contributed by atoms with E-state index in [1.807, 2.05) is 0 Å². The molecule has 0 fully saturated rings. The van der Waals surface area contributed by atoms with Crippen molar-refractivity contribution in [2.45, 2.75) is 120 Å². The summed E-state index contributed by atoms with van der Waals surface area (Å²) in [5.41, 5.74) is 0. The Morgan fingerprint density at radius 3 is 0.667 bits per heavy atom. The van der Waals surface area contributed by atoms with Gasteiger partial charge < -0.3 is 19.7 Å². The highest BCUT2D eigenvalue weighted by atomic mass is 19.4. The average molecular weight is 1070 g/mol. The third-order valence-electron chi connectivity index (χ3n) is 7.75. The molecule has 2 unspecified atom stereocenters. The van der Waals surface area contributed by atoms with E-state index in [1.54, 1.807) is 0 Å². The number of aliphatic hydroxyl groups excluding tert-OH is 2.